The number of hydrogen-bond donors (Lipinski definition) is 1. The van der Waals surface area contributed by atoms with Gasteiger partial charge in [0, 0.05) is 12.1 Å². The molecular weight excluding hydrogens is 315 g/mol. The first-order chi connectivity index (χ1) is 8.54. The molecule has 0 aliphatic carbocycles. The summed E-state index contributed by atoms with van der Waals surface area (Å²) >= 11 is 19.2. The highest BCUT2D eigenvalue weighted by atomic mass is 35.5. The quantitative estimate of drug-likeness (QED) is 0.584. The van der Waals surface area contributed by atoms with E-state index in [4.69, 9.17) is 39.5 Å². The van der Waals surface area contributed by atoms with Crippen molar-refractivity contribution in [1.29, 1.82) is 0 Å². The molecule has 18 heavy (non-hydrogen) atoms. The van der Waals surface area contributed by atoms with E-state index in [0.717, 1.165) is 9.79 Å². The number of benzene rings is 2. The van der Waals surface area contributed by atoms with Crippen molar-refractivity contribution in [3.8, 4) is 17.2 Å². The molecule has 6 heteroatoms. The molecule has 3 rings (SSSR count). The van der Waals surface area contributed by atoms with Gasteiger partial charge < -0.3 is 9.84 Å². The summed E-state index contributed by atoms with van der Waals surface area (Å²) in [5.74, 6) is 1.24. The van der Waals surface area contributed by atoms with Gasteiger partial charge >= 0.3 is 0 Å². The Morgan fingerprint density at radius 1 is 0.833 bits per heavy atom. The van der Waals surface area contributed by atoms with Crippen LogP contribution in [0, 0.1) is 0 Å². The maximum Gasteiger partial charge on any atom is 0.143 e. The highest BCUT2D eigenvalue weighted by molar-refractivity contribution is 7.99. The molecule has 2 aromatic carbocycles. The Morgan fingerprint density at radius 2 is 1.39 bits per heavy atom. The molecule has 0 atom stereocenters. The number of phenolic OH excluding ortho intramolecular Hbond substituents is 1. The highest BCUT2D eigenvalue weighted by Crippen LogP contribution is 2.51. The number of phenols is 1. The van der Waals surface area contributed by atoms with Crippen molar-refractivity contribution in [2.45, 2.75) is 9.79 Å². The molecule has 2 aromatic rings. The molecule has 0 radical (unpaired) electrons. The summed E-state index contributed by atoms with van der Waals surface area (Å²) in [6.07, 6.45) is 0. The smallest absolute Gasteiger partial charge is 0.143 e. The maximum absolute atomic E-state index is 9.57. The van der Waals surface area contributed by atoms with E-state index in [0.29, 0.717) is 21.5 Å². The van der Waals surface area contributed by atoms with Crippen molar-refractivity contribution in [2.75, 3.05) is 0 Å². The molecular formula is C12H5Cl3O2S. The fourth-order valence-corrected chi connectivity index (χ4v) is 3.11. The second-order valence-corrected chi connectivity index (χ2v) is 5.97. The fourth-order valence-electron chi connectivity index (χ4n) is 1.59. The summed E-state index contributed by atoms with van der Waals surface area (Å²) in [5, 5.41) is 10.7. The average molecular weight is 320 g/mol. The van der Waals surface area contributed by atoms with E-state index in [9.17, 15) is 5.11 Å². The van der Waals surface area contributed by atoms with Gasteiger partial charge in [0.15, 0.2) is 0 Å². The van der Waals surface area contributed by atoms with Gasteiger partial charge in [0.05, 0.1) is 24.9 Å². The van der Waals surface area contributed by atoms with Crippen molar-refractivity contribution in [2.24, 2.45) is 0 Å². The lowest BCUT2D eigenvalue weighted by atomic mass is 10.3. The Hall–Kier alpha value is -0.740. The molecule has 92 valence electrons. The minimum atomic E-state index is 0.0232. The van der Waals surface area contributed by atoms with E-state index in [2.05, 4.69) is 0 Å². The molecule has 1 aliphatic heterocycles. The van der Waals surface area contributed by atoms with Crippen LogP contribution in [0.3, 0.4) is 0 Å². The Bertz CT molecular complexity index is 547. The zero-order valence-corrected chi connectivity index (χ0v) is 11.8. The van der Waals surface area contributed by atoms with Gasteiger partial charge in [0.25, 0.3) is 0 Å². The summed E-state index contributed by atoms with van der Waals surface area (Å²) in [5.41, 5.74) is 0. The van der Waals surface area contributed by atoms with Crippen LogP contribution in [0.5, 0.6) is 17.2 Å². The van der Waals surface area contributed by atoms with E-state index in [1.165, 1.54) is 11.8 Å². The van der Waals surface area contributed by atoms with Crippen LogP contribution in [0.15, 0.2) is 34.1 Å². The SMILES string of the molecule is Oc1cc2c(cc1Cl)Oc1cc(Cl)c(Cl)cc1S2. The fraction of sp³-hybridized carbons (Fsp3) is 0. The number of rotatable bonds is 0. The van der Waals surface area contributed by atoms with Gasteiger partial charge in [-0.05, 0) is 12.1 Å². The molecule has 1 N–H and O–H groups in total. The number of ether oxygens (including phenoxy) is 1. The molecule has 0 fully saturated rings. The minimum absolute atomic E-state index is 0.0232. The van der Waals surface area contributed by atoms with Gasteiger partial charge in [-0.1, -0.05) is 46.6 Å². The van der Waals surface area contributed by atoms with Crippen LogP contribution in [0.4, 0.5) is 0 Å². The second-order valence-electron chi connectivity index (χ2n) is 3.67. The molecule has 0 unspecified atom stereocenters. The lowest BCUT2D eigenvalue weighted by Crippen LogP contribution is -1.95. The van der Waals surface area contributed by atoms with Crippen LogP contribution in [0.25, 0.3) is 0 Å². The molecule has 0 saturated heterocycles. The van der Waals surface area contributed by atoms with Gasteiger partial charge in [-0.15, -0.1) is 0 Å². The number of halogens is 3. The van der Waals surface area contributed by atoms with E-state index in [-0.39, 0.29) is 10.8 Å². The summed E-state index contributed by atoms with van der Waals surface area (Å²) in [7, 11) is 0. The van der Waals surface area contributed by atoms with Crippen molar-refractivity contribution >= 4 is 46.6 Å². The van der Waals surface area contributed by atoms with E-state index in [1.807, 2.05) is 0 Å². The predicted octanol–water partition coefficient (Wildman–Crippen LogP) is 5.61. The van der Waals surface area contributed by atoms with Crippen molar-refractivity contribution in [3.05, 3.63) is 39.3 Å². The molecule has 1 heterocycles. The van der Waals surface area contributed by atoms with E-state index < -0.39 is 0 Å². The lowest BCUT2D eigenvalue weighted by molar-refractivity contribution is 0.444. The first-order valence-electron chi connectivity index (χ1n) is 4.92. The van der Waals surface area contributed by atoms with Crippen LogP contribution in [0.2, 0.25) is 15.1 Å². The van der Waals surface area contributed by atoms with Crippen molar-refractivity contribution < 1.29 is 9.84 Å². The largest absolute Gasteiger partial charge is 0.506 e. The van der Waals surface area contributed by atoms with Gasteiger partial charge in [0.2, 0.25) is 0 Å². The topological polar surface area (TPSA) is 29.5 Å². The molecule has 0 saturated carbocycles. The molecule has 0 aromatic heterocycles. The molecule has 0 amide bonds. The standard InChI is InChI=1S/C12H5Cl3O2S/c13-5-1-9-11(3-6(5)14)18-12-4-8(16)7(15)2-10(12)17-9/h1-4,16H. The Labute approximate surface area is 122 Å². The van der Waals surface area contributed by atoms with Crippen LogP contribution in [-0.4, -0.2) is 5.11 Å². The number of hydrogen-bond acceptors (Lipinski definition) is 3. The zero-order chi connectivity index (χ0) is 12.9. The van der Waals surface area contributed by atoms with Crippen molar-refractivity contribution in [3.63, 3.8) is 0 Å². The van der Waals surface area contributed by atoms with E-state index >= 15 is 0 Å². The van der Waals surface area contributed by atoms with Gasteiger partial charge in [-0.2, -0.15) is 0 Å². The Balaban J connectivity index is 2.12. The summed E-state index contributed by atoms with van der Waals surface area (Å²) in [6, 6.07) is 6.53. The maximum atomic E-state index is 9.57. The molecule has 2 nitrogen and oxygen atoms in total. The van der Waals surface area contributed by atoms with Crippen molar-refractivity contribution in [1.82, 2.24) is 0 Å². The Morgan fingerprint density at radius 3 is 2.11 bits per heavy atom. The third kappa shape index (κ3) is 2.01. The van der Waals surface area contributed by atoms with Gasteiger partial charge in [0.1, 0.15) is 17.2 Å². The monoisotopic (exact) mass is 318 g/mol. The van der Waals surface area contributed by atoms with Crippen LogP contribution < -0.4 is 4.74 Å². The normalized spacial score (nSPS) is 12.6. The lowest BCUT2D eigenvalue weighted by Gasteiger charge is -2.20. The molecule has 0 bridgehead atoms. The zero-order valence-electron chi connectivity index (χ0n) is 8.71. The summed E-state index contributed by atoms with van der Waals surface area (Å²) in [6.45, 7) is 0. The summed E-state index contributed by atoms with van der Waals surface area (Å²) < 4.78 is 5.69. The van der Waals surface area contributed by atoms with Crippen LogP contribution >= 0.6 is 46.6 Å². The number of fused-ring (bicyclic) bond motifs is 2. The molecule has 1 aliphatic rings. The first kappa shape index (κ1) is 12.3. The third-order valence-electron chi connectivity index (χ3n) is 2.44. The van der Waals surface area contributed by atoms with Gasteiger partial charge in [-0.3, -0.25) is 0 Å². The first-order valence-corrected chi connectivity index (χ1v) is 6.87. The van der Waals surface area contributed by atoms with Gasteiger partial charge in [-0.25, -0.2) is 0 Å². The average Bonchev–Trinajstić information content (AvgIpc) is 2.31. The number of aromatic hydroxyl groups is 1. The van der Waals surface area contributed by atoms with E-state index in [1.54, 1.807) is 24.3 Å². The third-order valence-corrected chi connectivity index (χ3v) is 4.54. The highest BCUT2D eigenvalue weighted by Gasteiger charge is 2.21. The van der Waals surface area contributed by atoms with Crippen LogP contribution in [0.1, 0.15) is 0 Å². The Kier molecular flexibility index (Phi) is 3.02. The second kappa shape index (κ2) is 4.42. The molecule has 0 spiro atoms. The predicted molar refractivity (Wildman–Crippen MR) is 73.8 cm³/mol. The summed E-state index contributed by atoms with van der Waals surface area (Å²) in [4.78, 5) is 1.63. The van der Waals surface area contributed by atoms with Crippen LogP contribution in [-0.2, 0) is 0 Å². The minimum Gasteiger partial charge on any atom is -0.506 e.